The molecular formula is C29H50N6O. The molecule has 9 unspecified atom stereocenters. The van der Waals surface area contributed by atoms with Crippen molar-refractivity contribution in [1.82, 2.24) is 26.4 Å². The maximum atomic E-state index is 9.65. The fraction of sp³-hybridized carbons (Fsp3) is 0.966. The Morgan fingerprint density at radius 1 is 0.861 bits per heavy atom. The van der Waals surface area contributed by atoms with Gasteiger partial charge in [0.15, 0.2) is 0 Å². The van der Waals surface area contributed by atoms with Crippen LogP contribution in [0, 0.1) is 52.3 Å². The Kier molecular flexibility index (Phi) is 7.40. The number of hydrogen-bond acceptors (Lipinski definition) is 7. The smallest absolute Gasteiger partial charge is 0.123 e. The molecule has 4 N–H and O–H groups in total. The van der Waals surface area contributed by atoms with Crippen molar-refractivity contribution in [2.75, 3.05) is 33.3 Å². The molecule has 4 aliphatic heterocycles. The van der Waals surface area contributed by atoms with Gasteiger partial charge in [-0.1, -0.05) is 0 Å². The molecule has 0 aromatic heterocycles. The molecule has 4 heterocycles. The molecule has 0 spiro atoms. The molecule has 7 nitrogen and oxygen atoms in total. The van der Waals surface area contributed by atoms with Crippen LogP contribution in [-0.4, -0.2) is 68.7 Å². The highest BCUT2D eigenvalue weighted by Gasteiger charge is 2.53. The normalized spacial score (nSPS) is 48.2. The van der Waals surface area contributed by atoms with Gasteiger partial charge in [-0.2, -0.15) is 5.26 Å². The average molecular weight is 499 g/mol. The number of fused-ring (bicyclic) bond motifs is 3. The van der Waals surface area contributed by atoms with Crippen molar-refractivity contribution in [1.29, 1.82) is 5.26 Å². The van der Waals surface area contributed by atoms with Gasteiger partial charge in [0.1, 0.15) is 6.23 Å². The number of likely N-dealkylation sites (N-methyl/N-ethyl adjacent to an activating group) is 1. The van der Waals surface area contributed by atoms with Gasteiger partial charge >= 0.3 is 0 Å². The molecule has 6 fully saturated rings. The summed E-state index contributed by atoms with van der Waals surface area (Å²) < 4.78 is 5.89. The molecule has 0 aromatic carbocycles. The lowest BCUT2D eigenvalue weighted by atomic mass is 9.60. The van der Waals surface area contributed by atoms with Crippen LogP contribution in [0.5, 0.6) is 0 Å². The fourth-order valence-electron chi connectivity index (χ4n) is 9.33. The minimum Gasteiger partial charge on any atom is -0.360 e. The van der Waals surface area contributed by atoms with Crippen molar-refractivity contribution in [2.24, 2.45) is 40.9 Å². The quantitative estimate of drug-likeness (QED) is 0.474. The monoisotopic (exact) mass is 498 g/mol. The number of ether oxygens (including phenoxy) is 1. The predicted molar refractivity (Wildman–Crippen MR) is 142 cm³/mol. The number of piperidine rings is 2. The van der Waals surface area contributed by atoms with Crippen LogP contribution in [-0.2, 0) is 4.74 Å². The Labute approximate surface area is 218 Å². The summed E-state index contributed by atoms with van der Waals surface area (Å²) in [4.78, 5) is 0. The van der Waals surface area contributed by atoms with Gasteiger partial charge in [-0.3, -0.25) is 10.7 Å². The van der Waals surface area contributed by atoms with E-state index in [9.17, 15) is 5.26 Å². The van der Waals surface area contributed by atoms with E-state index >= 15 is 0 Å². The Morgan fingerprint density at radius 2 is 1.58 bits per heavy atom. The van der Waals surface area contributed by atoms with E-state index in [4.69, 9.17) is 4.74 Å². The van der Waals surface area contributed by atoms with Crippen LogP contribution in [0.25, 0.3) is 0 Å². The summed E-state index contributed by atoms with van der Waals surface area (Å²) in [5.74, 6) is 4.53. The van der Waals surface area contributed by atoms with Crippen molar-refractivity contribution < 1.29 is 4.74 Å². The third kappa shape index (κ3) is 4.76. The van der Waals surface area contributed by atoms with Crippen LogP contribution in [0.15, 0.2) is 0 Å². The molecule has 6 rings (SSSR count). The van der Waals surface area contributed by atoms with Gasteiger partial charge in [-0.15, -0.1) is 0 Å². The minimum atomic E-state index is -0.184. The zero-order valence-corrected chi connectivity index (χ0v) is 22.8. The number of hydrogen-bond donors (Lipinski definition) is 4. The average Bonchev–Trinajstić information content (AvgIpc) is 3.57. The van der Waals surface area contributed by atoms with Gasteiger partial charge < -0.3 is 15.4 Å². The highest BCUT2D eigenvalue weighted by atomic mass is 16.5. The molecule has 6 aliphatic rings. The van der Waals surface area contributed by atoms with E-state index in [1.54, 1.807) is 0 Å². The minimum absolute atomic E-state index is 0.184. The number of nitrogens with one attached hydrogen (secondary N) is 4. The summed E-state index contributed by atoms with van der Waals surface area (Å²) in [5.41, 5.74) is 3.81. The van der Waals surface area contributed by atoms with E-state index < -0.39 is 0 Å². The van der Waals surface area contributed by atoms with Gasteiger partial charge in [-0.05, 0) is 114 Å². The molecule has 2 saturated carbocycles. The van der Waals surface area contributed by atoms with Gasteiger partial charge in [0, 0.05) is 44.3 Å². The second-order valence-electron chi connectivity index (χ2n) is 13.7. The fourth-order valence-corrected chi connectivity index (χ4v) is 9.33. The summed E-state index contributed by atoms with van der Waals surface area (Å²) in [6, 6.07) is 5.00. The number of rotatable bonds is 4. The Morgan fingerprint density at radius 3 is 2.28 bits per heavy atom. The molecule has 202 valence electrons. The molecule has 36 heavy (non-hydrogen) atoms. The van der Waals surface area contributed by atoms with E-state index in [0.717, 1.165) is 55.8 Å². The molecule has 0 radical (unpaired) electrons. The van der Waals surface area contributed by atoms with Crippen LogP contribution in [0.3, 0.4) is 0 Å². The lowest BCUT2D eigenvalue weighted by Gasteiger charge is -2.50. The first-order valence-corrected chi connectivity index (χ1v) is 15.2. The molecule has 4 saturated heterocycles. The summed E-state index contributed by atoms with van der Waals surface area (Å²) in [5, 5.41) is 23.5. The molecule has 0 bridgehead atoms. The number of nitriles is 1. The molecular weight excluding hydrogens is 448 g/mol. The number of hydrazine groups is 1. The van der Waals surface area contributed by atoms with E-state index in [0.29, 0.717) is 30.1 Å². The summed E-state index contributed by atoms with van der Waals surface area (Å²) in [6.45, 7) is 8.44. The molecule has 0 aromatic rings. The standard InChI is InChI=1S/C29H50N6O/c1-29(2,17-30)21-8-4-18(5-9-21)27-26-22-14-19(6-10-23(22)33-16-25(26)35(3)34-27)20-7-11-24(32-15-20)28-31-12-13-36-28/h18-28,31-34H,4-16H2,1-3H3. The number of nitrogens with zero attached hydrogens (tertiary/aromatic N) is 2. The van der Waals surface area contributed by atoms with E-state index in [1.165, 1.54) is 57.8 Å². The van der Waals surface area contributed by atoms with Gasteiger partial charge in [0.2, 0.25) is 0 Å². The Hall–Kier alpha value is -0.750. The van der Waals surface area contributed by atoms with Crippen LogP contribution >= 0.6 is 0 Å². The first-order chi connectivity index (χ1) is 17.4. The summed E-state index contributed by atoms with van der Waals surface area (Å²) in [6.07, 6.45) is 12.0. The molecule has 0 amide bonds. The first-order valence-electron chi connectivity index (χ1n) is 15.2. The third-order valence-electron chi connectivity index (χ3n) is 11.6. The zero-order valence-electron chi connectivity index (χ0n) is 22.8. The topological polar surface area (TPSA) is 84.4 Å². The van der Waals surface area contributed by atoms with Crippen LogP contribution in [0.4, 0.5) is 0 Å². The molecule has 7 heteroatoms. The second-order valence-corrected chi connectivity index (χ2v) is 13.7. The van der Waals surface area contributed by atoms with Gasteiger partial charge in [0.25, 0.3) is 0 Å². The second kappa shape index (κ2) is 10.4. The Bertz CT molecular complexity index is 792. The highest BCUT2D eigenvalue weighted by Crippen LogP contribution is 2.49. The van der Waals surface area contributed by atoms with Crippen molar-refractivity contribution in [3.8, 4) is 6.07 Å². The van der Waals surface area contributed by atoms with Crippen LogP contribution < -0.4 is 21.4 Å². The van der Waals surface area contributed by atoms with E-state index in [1.807, 2.05) is 0 Å². The largest absolute Gasteiger partial charge is 0.360 e. The van der Waals surface area contributed by atoms with Gasteiger partial charge in [0.05, 0.1) is 18.1 Å². The van der Waals surface area contributed by atoms with Crippen molar-refractivity contribution in [2.45, 2.75) is 102 Å². The summed E-state index contributed by atoms with van der Waals surface area (Å²) in [7, 11) is 2.29. The maximum Gasteiger partial charge on any atom is 0.123 e. The van der Waals surface area contributed by atoms with Gasteiger partial charge in [-0.25, -0.2) is 5.01 Å². The summed E-state index contributed by atoms with van der Waals surface area (Å²) >= 11 is 0. The van der Waals surface area contributed by atoms with Crippen LogP contribution in [0.2, 0.25) is 0 Å². The predicted octanol–water partition coefficient (Wildman–Crippen LogP) is 2.85. The molecule has 2 aliphatic carbocycles. The zero-order chi connectivity index (χ0) is 24.9. The van der Waals surface area contributed by atoms with Crippen molar-refractivity contribution in [3.05, 3.63) is 0 Å². The van der Waals surface area contributed by atoms with E-state index in [-0.39, 0.29) is 11.6 Å². The lowest BCUT2D eigenvalue weighted by molar-refractivity contribution is 0.0223. The van der Waals surface area contributed by atoms with Crippen molar-refractivity contribution in [3.63, 3.8) is 0 Å². The van der Waals surface area contributed by atoms with E-state index in [2.05, 4.69) is 53.3 Å². The lowest BCUT2D eigenvalue weighted by Crippen LogP contribution is -2.59. The highest BCUT2D eigenvalue weighted by molar-refractivity contribution is 5.08. The SMILES string of the molecule is CN1NC(C2CCC(C(C)(C)C#N)CC2)C2C3CC(C4CCC(C5NCCO5)NC4)CCC3NCC21. The maximum absolute atomic E-state index is 9.65. The van der Waals surface area contributed by atoms with Crippen LogP contribution in [0.1, 0.15) is 71.6 Å². The Balaban J connectivity index is 1.10. The first kappa shape index (κ1) is 25.5. The molecule has 9 atom stereocenters. The third-order valence-corrected chi connectivity index (χ3v) is 11.6. The van der Waals surface area contributed by atoms with Crippen molar-refractivity contribution >= 4 is 0 Å².